The summed E-state index contributed by atoms with van der Waals surface area (Å²) in [4.78, 5) is 25.1. The first-order valence-electron chi connectivity index (χ1n) is 11.1. The van der Waals surface area contributed by atoms with Gasteiger partial charge in [-0.3, -0.25) is 4.79 Å². The molecule has 172 valence electrons. The predicted octanol–water partition coefficient (Wildman–Crippen LogP) is 3.79. The third kappa shape index (κ3) is 3.19. The summed E-state index contributed by atoms with van der Waals surface area (Å²) < 4.78 is 23.2. The Hall–Kier alpha value is -3.98. The highest BCUT2D eigenvalue weighted by atomic mass is 19.1. The largest absolute Gasteiger partial charge is 0.455 e. The molecule has 8 nitrogen and oxygen atoms in total. The number of halogens is 1. The minimum atomic E-state index is -0.780. The molecular formula is C25H23FN6O2. The highest BCUT2D eigenvalue weighted by molar-refractivity contribution is 6.01. The predicted molar refractivity (Wildman–Crippen MR) is 124 cm³/mol. The Balaban J connectivity index is 1.44. The lowest BCUT2D eigenvalue weighted by Gasteiger charge is -2.33. The first kappa shape index (κ1) is 20.6. The SMILES string of the molecule is CN(C)Cc1ccc2c(C(=O)N3CCc4[nH]cnc4[C@@H]3c3oc4ccccc4c3F)cnn2c1. The van der Waals surface area contributed by atoms with E-state index < -0.39 is 11.9 Å². The van der Waals surface area contributed by atoms with Crippen molar-refractivity contribution in [3.8, 4) is 0 Å². The zero-order valence-electron chi connectivity index (χ0n) is 18.8. The molecule has 4 aromatic heterocycles. The molecule has 0 aliphatic carbocycles. The van der Waals surface area contributed by atoms with E-state index in [1.807, 2.05) is 32.4 Å². The number of carbonyl (C=O) groups is 1. The second kappa shape index (κ2) is 7.81. The van der Waals surface area contributed by atoms with Crippen LogP contribution in [0.4, 0.5) is 4.39 Å². The van der Waals surface area contributed by atoms with Gasteiger partial charge >= 0.3 is 0 Å². The Morgan fingerprint density at radius 1 is 1.26 bits per heavy atom. The molecule has 9 heteroatoms. The molecule has 5 aromatic rings. The fourth-order valence-electron chi connectivity index (χ4n) is 4.77. The monoisotopic (exact) mass is 458 g/mol. The van der Waals surface area contributed by atoms with E-state index >= 15 is 4.39 Å². The van der Waals surface area contributed by atoms with Gasteiger partial charge in [0.05, 0.1) is 34.7 Å². The number of hydrogen-bond acceptors (Lipinski definition) is 5. The molecule has 34 heavy (non-hydrogen) atoms. The average Bonchev–Trinajstić information content (AvgIpc) is 3.55. The first-order valence-corrected chi connectivity index (χ1v) is 11.1. The van der Waals surface area contributed by atoms with Crippen LogP contribution in [0, 0.1) is 5.82 Å². The molecule has 1 amide bonds. The summed E-state index contributed by atoms with van der Waals surface area (Å²) in [5, 5.41) is 4.80. The van der Waals surface area contributed by atoms with Gasteiger partial charge in [0.2, 0.25) is 0 Å². The summed E-state index contributed by atoms with van der Waals surface area (Å²) in [5.74, 6) is -0.622. The number of furan rings is 1. The molecule has 6 rings (SSSR count). The number of nitrogens with zero attached hydrogens (tertiary/aromatic N) is 5. The van der Waals surface area contributed by atoms with E-state index in [-0.39, 0.29) is 11.7 Å². The Labute approximate surface area is 194 Å². The zero-order chi connectivity index (χ0) is 23.4. The first-order chi connectivity index (χ1) is 16.5. The number of pyridine rings is 1. The maximum atomic E-state index is 15.5. The molecule has 1 N–H and O–H groups in total. The quantitative estimate of drug-likeness (QED) is 0.443. The van der Waals surface area contributed by atoms with Crippen LogP contribution in [0.25, 0.3) is 16.5 Å². The van der Waals surface area contributed by atoms with Crippen molar-refractivity contribution < 1.29 is 13.6 Å². The number of nitrogens with one attached hydrogen (secondary N) is 1. The van der Waals surface area contributed by atoms with Gasteiger partial charge in [0, 0.05) is 31.4 Å². The van der Waals surface area contributed by atoms with Gasteiger partial charge in [-0.15, -0.1) is 0 Å². The molecule has 1 atom stereocenters. The third-order valence-corrected chi connectivity index (χ3v) is 6.30. The second-order valence-corrected chi connectivity index (χ2v) is 8.86. The molecule has 0 bridgehead atoms. The summed E-state index contributed by atoms with van der Waals surface area (Å²) in [6.45, 7) is 1.16. The second-order valence-electron chi connectivity index (χ2n) is 8.86. The molecule has 5 heterocycles. The Morgan fingerprint density at radius 2 is 2.12 bits per heavy atom. The number of benzene rings is 1. The smallest absolute Gasteiger partial charge is 0.258 e. The number of amides is 1. The fourth-order valence-corrected chi connectivity index (χ4v) is 4.77. The summed E-state index contributed by atoms with van der Waals surface area (Å²) in [6.07, 6.45) is 5.66. The van der Waals surface area contributed by atoms with E-state index in [0.717, 1.165) is 17.8 Å². The van der Waals surface area contributed by atoms with Crippen LogP contribution in [0.15, 0.2) is 59.5 Å². The fraction of sp³-hybridized carbons (Fsp3) is 0.240. The number of aromatic nitrogens is 4. The van der Waals surface area contributed by atoms with Gasteiger partial charge < -0.3 is 19.2 Å². The van der Waals surface area contributed by atoms with E-state index in [4.69, 9.17) is 4.42 Å². The molecular weight excluding hydrogens is 435 g/mol. The van der Waals surface area contributed by atoms with Crippen molar-refractivity contribution >= 4 is 22.4 Å². The van der Waals surface area contributed by atoms with Gasteiger partial charge in [0.15, 0.2) is 11.6 Å². The highest BCUT2D eigenvalue weighted by Gasteiger charge is 2.39. The number of H-pyrrole nitrogens is 1. The minimum Gasteiger partial charge on any atom is -0.455 e. The molecule has 0 fully saturated rings. The van der Waals surface area contributed by atoms with Crippen LogP contribution in [0.5, 0.6) is 0 Å². The Bertz CT molecular complexity index is 1530. The van der Waals surface area contributed by atoms with Crippen LogP contribution >= 0.6 is 0 Å². The van der Waals surface area contributed by atoms with Crippen molar-refractivity contribution in [1.29, 1.82) is 0 Å². The number of rotatable bonds is 4. The maximum Gasteiger partial charge on any atom is 0.258 e. The van der Waals surface area contributed by atoms with Crippen LogP contribution in [0.1, 0.15) is 39.1 Å². The van der Waals surface area contributed by atoms with Crippen LogP contribution in [-0.2, 0) is 13.0 Å². The van der Waals surface area contributed by atoms with Gasteiger partial charge in [-0.05, 0) is 37.9 Å². The van der Waals surface area contributed by atoms with Crippen LogP contribution in [0.3, 0.4) is 0 Å². The van der Waals surface area contributed by atoms with Crippen LogP contribution in [0.2, 0.25) is 0 Å². The summed E-state index contributed by atoms with van der Waals surface area (Å²) in [5.41, 5.74) is 4.15. The van der Waals surface area contributed by atoms with Crippen molar-refractivity contribution in [3.05, 3.63) is 89.2 Å². The Kier molecular flexibility index (Phi) is 4.73. The number of hydrogen-bond donors (Lipinski definition) is 1. The van der Waals surface area contributed by atoms with Crippen molar-refractivity contribution in [1.82, 2.24) is 29.4 Å². The number of carbonyl (C=O) groups excluding carboxylic acids is 1. The van der Waals surface area contributed by atoms with Gasteiger partial charge in [0.1, 0.15) is 11.6 Å². The van der Waals surface area contributed by atoms with Gasteiger partial charge in [-0.1, -0.05) is 18.2 Å². The summed E-state index contributed by atoms with van der Waals surface area (Å²) in [7, 11) is 4.00. The average molecular weight is 458 g/mol. The molecule has 1 aliphatic rings. The van der Waals surface area contributed by atoms with Crippen molar-refractivity contribution in [2.45, 2.75) is 19.0 Å². The highest BCUT2D eigenvalue weighted by Crippen LogP contribution is 2.39. The lowest BCUT2D eigenvalue weighted by Crippen LogP contribution is -2.41. The zero-order valence-corrected chi connectivity index (χ0v) is 18.8. The minimum absolute atomic E-state index is 0.0901. The van der Waals surface area contributed by atoms with E-state index in [0.29, 0.717) is 40.7 Å². The number of fused-ring (bicyclic) bond motifs is 3. The molecule has 0 saturated heterocycles. The molecule has 0 spiro atoms. The number of para-hydroxylation sites is 1. The van der Waals surface area contributed by atoms with Gasteiger partial charge in [-0.2, -0.15) is 5.10 Å². The summed E-state index contributed by atoms with van der Waals surface area (Å²) in [6, 6.07) is 10.1. The van der Waals surface area contributed by atoms with Gasteiger partial charge in [0.25, 0.3) is 5.91 Å². The van der Waals surface area contributed by atoms with Crippen molar-refractivity contribution in [3.63, 3.8) is 0 Å². The van der Waals surface area contributed by atoms with E-state index in [1.165, 1.54) is 0 Å². The molecule has 0 saturated carbocycles. The molecule has 1 aromatic carbocycles. The van der Waals surface area contributed by atoms with Crippen molar-refractivity contribution in [2.24, 2.45) is 0 Å². The van der Waals surface area contributed by atoms with Gasteiger partial charge in [-0.25, -0.2) is 13.9 Å². The number of imidazole rings is 1. The van der Waals surface area contributed by atoms with Crippen LogP contribution < -0.4 is 0 Å². The van der Waals surface area contributed by atoms with E-state index in [9.17, 15) is 4.79 Å². The standard InChI is InChI=1S/C25H23FN6O2/c1-30(2)12-15-7-8-19-17(11-29-32(19)13-15)25(33)31-10-9-18-22(28-14-27-18)23(31)24-21(26)16-5-3-4-6-20(16)34-24/h3-8,11,13-14,23H,9-10,12H2,1-2H3,(H,27,28)/t23-/m1/s1. The van der Waals surface area contributed by atoms with E-state index in [1.54, 1.807) is 46.2 Å². The normalized spacial score (nSPS) is 16.0. The topological polar surface area (TPSA) is 82.7 Å². The summed E-state index contributed by atoms with van der Waals surface area (Å²) >= 11 is 0. The van der Waals surface area contributed by atoms with E-state index in [2.05, 4.69) is 20.0 Å². The molecule has 1 aliphatic heterocycles. The maximum absolute atomic E-state index is 15.5. The molecule has 0 radical (unpaired) electrons. The number of aromatic amines is 1. The van der Waals surface area contributed by atoms with Crippen LogP contribution in [-0.4, -0.2) is 55.9 Å². The van der Waals surface area contributed by atoms with Crippen molar-refractivity contribution in [2.75, 3.05) is 20.6 Å². The molecule has 0 unspecified atom stereocenters. The lowest BCUT2D eigenvalue weighted by atomic mass is 9.98. The lowest BCUT2D eigenvalue weighted by molar-refractivity contribution is 0.0670. The Morgan fingerprint density at radius 3 is 2.94 bits per heavy atom. The third-order valence-electron chi connectivity index (χ3n) is 6.30.